The summed E-state index contributed by atoms with van der Waals surface area (Å²) in [4.78, 5) is 19.1. The molecule has 1 aromatic heterocycles. The number of amides is 1. The fraction of sp³-hybridized carbons (Fsp3) is 0.400. The Balaban J connectivity index is 1.11. The molecule has 0 N–H and O–H groups in total. The maximum absolute atomic E-state index is 14.0. The topological polar surface area (TPSA) is 28.5 Å². The molecule has 8 rings (SSSR count). The third kappa shape index (κ3) is 3.95. The highest BCUT2D eigenvalue weighted by atomic mass is 16.2. The highest BCUT2D eigenvalue weighted by Crippen LogP contribution is 2.45. The first-order chi connectivity index (χ1) is 19.2. The van der Waals surface area contributed by atoms with Crippen LogP contribution in [0, 0.1) is 11.8 Å². The lowest BCUT2D eigenvalue weighted by Gasteiger charge is -2.58. The zero-order valence-corrected chi connectivity index (χ0v) is 22.6. The van der Waals surface area contributed by atoms with Crippen LogP contribution in [-0.2, 0) is 11.3 Å². The maximum atomic E-state index is 14.0. The predicted octanol–water partition coefficient (Wildman–Crippen LogP) is 6.72. The average Bonchev–Trinajstić information content (AvgIpc) is 3.32. The number of fused-ring (bicyclic) bond motifs is 4. The van der Waals surface area contributed by atoms with Gasteiger partial charge in [0.15, 0.2) is 0 Å². The van der Waals surface area contributed by atoms with Crippen molar-refractivity contribution in [1.29, 1.82) is 0 Å². The number of carbonyl (C=O) groups is 1. The number of carbonyl (C=O) groups excluding carboxylic acids is 1. The molecule has 4 aliphatic heterocycles. The molecular weight excluding hydrogens is 478 g/mol. The van der Waals surface area contributed by atoms with Crippen molar-refractivity contribution in [2.75, 3.05) is 19.6 Å². The Labute approximate surface area is 230 Å². The molecule has 0 bridgehead atoms. The van der Waals surface area contributed by atoms with Crippen LogP contribution in [-0.4, -0.2) is 52.0 Å². The second-order valence-electron chi connectivity index (χ2n) is 12.4. The van der Waals surface area contributed by atoms with Crippen LogP contribution in [0.1, 0.15) is 49.7 Å². The van der Waals surface area contributed by atoms with E-state index in [1.54, 1.807) is 0 Å². The van der Waals surface area contributed by atoms with Crippen LogP contribution >= 0.6 is 0 Å². The second-order valence-corrected chi connectivity index (χ2v) is 12.4. The van der Waals surface area contributed by atoms with Crippen LogP contribution in [0.4, 0.5) is 0 Å². The molecule has 0 aliphatic carbocycles. The van der Waals surface area contributed by atoms with Gasteiger partial charge in [-0.2, -0.15) is 0 Å². The monoisotopic (exact) mass is 515 g/mol. The molecule has 4 nitrogen and oxygen atoms in total. The zero-order valence-electron chi connectivity index (χ0n) is 22.6. The SMILES string of the molecule is O=C1/C(=C/c2cn(Cc3ccc4ccccc4c3)c3ccccc23)CC[C@@H]2[C@H]3CCCN4CCC[C@H](CN12)[C@@H]34. The lowest BCUT2D eigenvalue weighted by atomic mass is 9.67. The number of para-hydroxylation sites is 1. The van der Waals surface area contributed by atoms with Gasteiger partial charge in [-0.05, 0) is 98.0 Å². The Morgan fingerprint density at radius 1 is 0.872 bits per heavy atom. The average molecular weight is 516 g/mol. The summed E-state index contributed by atoms with van der Waals surface area (Å²) in [5.41, 5.74) is 4.69. The Morgan fingerprint density at radius 3 is 2.62 bits per heavy atom. The van der Waals surface area contributed by atoms with E-state index < -0.39 is 0 Å². The van der Waals surface area contributed by atoms with Crippen LogP contribution in [0.15, 0.2) is 78.5 Å². The molecule has 0 saturated carbocycles. The van der Waals surface area contributed by atoms with Crippen LogP contribution in [0.5, 0.6) is 0 Å². The van der Waals surface area contributed by atoms with E-state index in [2.05, 4.69) is 93.4 Å². The summed E-state index contributed by atoms with van der Waals surface area (Å²) < 4.78 is 2.35. The van der Waals surface area contributed by atoms with Gasteiger partial charge in [0.2, 0.25) is 5.91 Å². The van der Waals surface area contributed by atoms with Crippen LogP contribution in [0.3, 0.4) is 0 Å². The lowest BCUT2D eigenvalue weighted by Crippen LogP contribution is -2.66. The molecule has 4 fully saturated rings. The molecule has 4 atom stereocenters. The first-order valence-corrected chi connectivity index (χ1v) is 15.0. The highest BCUT2D eigenvalue weighted by molar-refractivity contribution is 6.01. The summed E-state index contributed by atoms with van der Waals surface area (Å²) in [6.45, 7) is 4.32. The fourth-order valence-electron chi connectivity index (χ4n) is 8.57. The van der Waals surface area contributed by atoms with Gasteiger partial charge >= 0.3 is 0 Å². The van der Waals surface area contributed by atoms with E-state index in [0.717, 1.165) is 37.5 Å². The van der Waals surface area contributed by atoms with Crippen molar-refractivity contribution in [1.82, 2.24) is 14.4 Å². The number of piperidine rings is 4. The van der Waals surface area contributed by atoms with Gasteiger partial charge in [0, 0.05) is 53.4 Å². The van der Waals surface area contributed by atoms with E-state index in [1.807, 2.05) is 0 Å². The minimum Gasteiger partial charge on any atom is -0.342 e. The summed E-state index contributed by atoms with van der Waals surface area (Å²) in [6.07, 6.45) is 11.7. The molecule has 4 saturated heterocycles. The minimum atomic E-state index is 0.304. The predicted molar refractivity (Wildman–Crippen MR) is 159 cm³/mol. The Morgan fingerprint density at radius 2 is 1.69 bits per heavy atom. The van der Waals surface area contributed by atoms with Gasteiger partial charge in [0.25, 0.3) is 0 Å². The van der Waals surface area contributed by atoms with Crippen molar-refractivity contribution in [3.63, 3.8) is 0 Å². The van der Waals surface area contributed by atoms with Gasteiger partial charge in [-0.25, -0.2) is 0 Å². The molecule has 5 heterocycles. The Hall–Kier alpha value is -3.37. The lowest BCUT2D eigenvalue weighted by molar-refractivity contribution is -0.145. The third-order valence-corrected chi connectivity index (χ3v) is 10.2. The molecule has 198 valence electrons. The van der Waals surface area contributed by atoms with Crippen LogP contribution < -0.4 is 0 Å². The Kier molecular flexibility index (Phi) is 5.65. The normalized spacial score (nSPS) is 28.2. The van der Waals surface area contributed by atoms with E-state index in [0.29, 0.717) is 23.8 Å². The number of hydrogen-bond acceptors (Lipinski definition) is 2. The molecule has 3 aromatic carbocycles. The van der Waals surface area contributed by atoms with E-state index in [9.17, 15) is 4.79 Å². The molecule has 4 aromatic rings. The smallest absolute Gasteiger partial charge is 0.250 e. The summed E-state index contributed by atoms with van der Waals surface area (Å²) in [5.74, 6) is 1.64. The summed E-state index contributed by atoms with van der Waals surface area (Å²) >= 11 is 0. The quantitative estimate of drug-likeness (QED) is 0.283. The number of benzene rings is 3. The molecular formula is C35H37N3O. The van der Waals surface area contributed by atoms with Gasteiger partial charge in [-0.1, -0.05) is 54.6 Å². The van der Waals surface area contributed by atoms with Crippen molar-refractivity contribution in [2.24, 2.45) is 11.8 Å². The molecule has 39 heavy (non-hydrogen) atoms. The number of nitrogens with zero attached hydrogens (tertiary/aromatic N) is 3. The van der Waals surface area contributed by atoms with E-state index in [1.165, 1.54) is 71.6 Å². The molecule has 1 amide bonds. The van der Waals surface area contributed by atoms with Gasteiger partial charge in [-0.3, -0.25) is 9.69 Å². The van der Waals surface area contributed by atoms with Crippen LogP contribution in [0.25, 0.3) is 27.8 Å². The minimum absolute atomic E-state index is 0.304. The second kappa shape index (κ2) is 9.38. The first-order valence-electron chi connectivity index (χ1n) is 15.0. The Bertz CT molecular complexity index is 1600. The summed E-state index contributed by atoms with van der Waals surface area (Å²) in [7, 11) is 0. The third-order valence-electron chi connectivity index (χ3n) is 10.2. The molecule has 4 heteroatoms. The van der Waals surface area contributed by atoms with E-state index in [4.69, 9.17) is 0 Å². The van der Waals surface area contributed by atoms with Crippen molar-refractivity contribution >= 4 is 33.7 Å². The maximum Gasteiger partial charge on any atom is 0.250 e. The molecule has 4 aliphatic rings. The highest BCUT2D eigenvalue weighted by Gasteiger charge is 2.51. The number of rotatable bonds is 3. The van der Waals surface area contributed by atoms with E-state index >= 15 is 0 Å². The van der Waals surface area contributed by atoms with Crippen molar-refractivity contribution in [2.45, 2.75) is 57.2 Å². The molecule has 0 unspecified atom stereocenters. The first kappa shape index (κ1) is 23.5. The van der Waals surface area contributed by atoms with Crippen molar-refractivity contribution in [3.05, 3.63) is 89.6 Å². The largest absolute Gasteiger partial charge is 0.342 e. The van der Waals surface area contributed by atoms with E-state index in [-0.39, 0.29) is 0 Å². The van der Waals surface area contributed by atoms with Crippen molar-refractivity contribution < 1.29 is 4.79 Å². The number of aromatic nitrogens is 1. The zero-order chi connectivity index (χ0) is 25.9. The fourth-order valence-corrected chi connectivity index (χ4v) is 8.57. The molecule has 0 spiro atoms. The standard InChI is InChI=1S/C35H37N3O/c39-35-27(15-16-33-31-11-6-18-36-17-5-9-28(34(31)36)23-38(33)35)20-29-22-37(32-12-4-3-10-30(29)32)21-24-13-14-25-7-1-2-8-26(25)19-24/h1-4,7-8,10,12-14,19-20,22,28,31,33-34H,5-6,9,11,15-18,21,23H2/b27-20+/t28-,31-,33-,34+/m1/s1. The molecule has 0 radical (unpaired) electrons. The number of hydrogen-bond donors (Lipinski definition) is 0. The summed E-state index contributed by atoms with van der Waals surface area (Å²) in [5, 5.41) is 3.78. The van der Waals surface area contributed by atoms with Gasteiger partial charge in [-0.15, -0.1) is 0 Å². The summed E-state index contributed by atoms with van der Waals surface area (Å²) in [6, 6.07) is 25.1. The van der Waals surface area contributed by atoms with Gasteiger partial charge < -0.3 is 9.47 Å². The van der Waals surface area contributed by atoms with Gasteiger partial charge in [0.05, 0.1) is 0 Å². The van der Waals surface area contributed by atoms with Crippen molar-refractivity contribution in [3.8, 4) is 0 Å². The van der Waals surface area contributed by atoms with Gasteiger partial charge in [0.1, 0.15) is 0 Å². The van der Waals surface area contributed by atoms with Crippen LogP contribution in [0.2, 0.25) is 0 Å².